The van der Waals surface area contributed by atoms with Crippen LogP contribution in [0.25, 0.3) is 28.2 Å². The number of benzene rings is 2. The van der Waals surface area contributed by atoms with Gasteiger partial charge in [-0.25, -0.2) is 4.68 Å². The molecule has 2 aliphatic carbocycles. The lowest BCUT2D eigenvalue weighted by Gasteiger charge is -2.37. The molecule has 4 aromatic rings. The SMILES string of the molecule is CCC1(NC(=O)Cn2nc(-c3ccccc3)cc2C)CCCCC1.Cc1cc(-c2ccccc2)nn1C1=C(O)C2(CCCCC2)NC1=O.O=C=O. The first-order chi connectivity index (χ1) is 24.6. The molecule has 2 aromatic heterocycles. The van der Waals surface area contributed by atoms with Gasteiger partial charge < -0.3 is 15.7 Å². The number of nitrogens with zero attached hydrogens (tertiary/aromatic N) is 4. The highest BCUT2D eigenvalue weighted by molar-refractivity contribution is 6.17. The van der Waals surface area contributed by atoms with Crippen molar-refractivity contribution in [3.63, 3.8) is 0 Å². The lowest BCUT2D eigenvalue weighted by molar-refractivity contribution is -0.191. The van der Waals surface area contributed by atoms with Crippen molar-refractivity contribution in [1.29, 1.82) is 0 Å². The molecule has 51 heavy (non-hydrogen) atoms. The van der Waals surface area contributed by atoms with Crippen LogP contribution < -0.4 is 10.6 Å². The van der Waals surface area contributed by atoms with Crippen molar-refractivity contribution >= 4 is 23.7 Å². The lowest BCUT2D eigenvalue weighted by Crippen LogP contribution is -2.50. The van der Waals surface area contributed by atoms with Crippen molar-refractivity contribution in [2.24, 2.45) is 0 Å². The Kier molecular flexibility index (Phi) is 12.1. The van der Waals surface area contributed by atoms with E-state index in [1.165, 1.54) is 19.3 Å². The van der Waals surface area contributed by atoms with E-state index < -0.39 is 5.54 Å². The van der Waals surface area contributed by atoms with E-state index in [-0.39, 0.29) is 35.0 Å². The molecule has 11 heteroatoms. The molecular weight excluding hydrogens is 644 g/mol. The van der Waals surface area contributed by atoms with E-state index in [0.29, 0.717) is 6.54 Å². The second-order valence-corrected chi connectivity index (χ2v) is 13.8. The first kappa shape index (κ1) is 37.0. The zero-order valence-corrected chi connectivity index (χ0v) is 29.8. The molecule has 2 aromatic carbocycles. The number of aromatic nitrogens is 4. The van der Waals surface area contributed by atoms with Crippen LogP contribution in [0.4, 0.5) is 0 Å². The van der Waals surface area contributed by atoms with Crippen molar-refractivity contribution in [1.82, 2.24) is 30.2 Å². The highest BCUT2D eigenvalue weighted by Gasteiger charge is 2.47. The largest absolute Gasteiger partial charge is 0.507 e. The van der Waals surface area contributed by atoms with Crippen molar-refractivity contribution in [2.45, 2.75) is 109 Å². The Morgan fingerprint density at radius 2 is 1.33 bits per heavy atom. The van der Waals surface area contributed by atoms with Gasteiger partial charge in [0, 0.05) is 28.1 Å². The molecule has 1 aliphatic heterocycles. The zero-order valence-electron chi connectivity index (χ0n) is 29.8. The van der Waals surface area contributed by atoms with E-state index in [1.54, 1.807) is 4.68 Å². The quantitative estimate of drug-likeness (QED) is 0.190. The average molecular weight is 693 g/mol. The van der Waals surface area contributed by atoms with Gasteiger partial charge >= 0.3 is 6.15 Å². The van der Waals surface area contributed by atoms with E-state index in [4.69, 9.17) is 9.59 Å². The summed E-state index contributed by atoms with van der Waals surface area (Å²) >= 11 is 0. The van der Waals surface area contributed by atoms with Gasteiger partial charge in [-0.3, -0.25) is 14.3 Å². The maximum absolute atomic E-state index is 12.6. The number of hydrogen-bond donors (Lipinski definition) is 3. The summed E-state index contributed by atoms with van der Waals surface area (Å²) < 4.78 is 3.39. The minimum atomic E-state index is -0.587. The number of hydrogen-bond acceptors (Lipinski definition) is 7. The number of nitrogens with one attached hydrogen (secondary N) is 2. The van der Waals surface area contributed by atoms with E-state index in [0.717, 1.165) is 85.3 Å². The predicted octanol–water partition coefficient (Wildman–Crippen LogP) is 6.92. The van der Waals surface area contributed by atoms with Gasteiger partial charge in [-0.05, 0) is 58.1 Å². The van der Waals surface area contributed by atoms with Gasteiger partial charge in [0.25, 0.3) is 5.91 Å². The fourth-order valence-corrected chi connectivity index (χ4v) is 7.52. The van der Waals surface area contributed by atoms with Gasteiger partial charge in [0.2, 0.25) is 5.91 Å². The Bertz CT molecular complexity index is 1860. The summed E-state index contributed by atoms with van der Waals surface area (Å²) in [6.45, 7) is 6.38. The molecule has 3 aliphatic rings. The topological polar surface area (TPSA) is 148 Å². The van der Waals surface area contributed by atoms with Gasteiger partial charge in [0.15, 0.2) is 5.70 Å². The number of amides is 2. The highest BCUT2D eigenvalue weighted by atomic mass is 16.3. The van der Waals surface area contributed by atoms with E-state index in [9.17, 15) is 14.7 Å². The third-order valence-electron chi connectivity index (χ3n) is 10.4. The first-order valence-corrected chi connectivity index (χ1v) is 17.9. The van der Waals surface area contributed by atoms with Crippen LogP contribution in [0.3, 0.4) is 0 Å². The first-order valence-electron chi connectivity index (χ1n) is 17.9. The summed E-state index contributed by atoms with van der Waals surface area (Å²) in [6.07, 6.45) is 11.9. The molecule has 0 unspecified atom stereocenters. The molecule has 11 nitrogen and oxygen atoms in total. The molecule has 268 valence electrons. The van der Waals surface area contributed by atoms with Crippen molar-refractivity contribution < 1.29 is 24.3 Å². The maximum Gasteiger partial charge on any atom is 0.373 e. The lowest BCUT2D eigenvalue weighted by atomic mass is 9.80. The third kappa shape index (κ3) is 8.55. The summed E-state index contributed by atoms with van der Waals surface area (Å²) in [4.78, 5) is 41.4. The van der Waals surface area contributed by atoms with Gasteiger partial charge in [0.1, 0.15) is 12.3 Å². The monoisotopic (exact) mass is 692 g/mol. The van der Waals surface area contributed by atoms with Crippen molar-refractivity contribution in [2.75, 3.05) is 0 Å². The van der Waals surface area contributed by atoms with Gasteiger partial charge in [-0.2, -0.15) is 19.8 Å². The van der Waals surface area contributed by atoms with Crippen LogP contribution in [-0.2, 0) is 25.7 Å². The van der Waals surface area contributed by atoms with Crippen molar-refractivity contribution in [3.05, 3.63) is 89.9 Å². The number of carbonyl (C=O) groups excluding carboxylic acids is 4. The molecule has 0 atom stereocenters. The summed E-state index contributed by atoms with van der Waals surface area (Å²) in [5, 5.41) is 26.4. The van der Waals surface area contributed by atoms with Crippen LogP contribution in [0.2, 0.25) is 0 Å². The van der Waals surface area contributed by atoms with Crippen LogP contribution in [0.15, 0.2) is 78.6 Å². The van der Waals surface area contributed by atoms with Crippen molar-refractivity contribution in [3.8, 4) is 22.5 Å². The molecule has 2 fully saturated rings. The van der Waals surface area contributed by atoms with E-state index in [2.05, 4.69) is 27.8 Å². The Labute approximate surface area is 299 Å². The van der Waals surface area contributed by atoms with Crippen LogP contribution in [0.5, 0.6) is 0 Å². The minimum Gasteiger partial charge on any atom is -0.507 e. The van der Waals surface area contributed by atoms with Gasteiger partial charge in [-0.1, -0.05) is 106 Å². The van der Waals surface area contributed by atoms with Gasteiger partial charge in [0.05, 0.1) is 16.9 Å². The molecular formula is C40H48N6O5. The minimum absolute atomic E-state index is 0.00134. The number of rotatable bonds is 7. The molecule has 7 rings (SSSR count). The average Bonchev–Trinajstić information content (AvgIpc) is 3.78. The van der Waals surface area contributed by atoms with Gasteiger partial charge in [-0.15, -0.1) is 0 Å². The van der Waals surface area contributed by atoms with Crippen LogP contribution in [-0.4, -0.2) is 53.7 Å². The number of aliphatic hydroxyl groups excluding tert-OH is 1. The molecule has 0 saturated heterocycles. The standard InChI is InChI=1S/C20H27N3O.C19H21N3O2.CO2/c1-3-20(12-8-5-9-13-20)21-19(24)15-23-16(2)14-18(22-23)17-10-6-4-7-11-17;1-13-12-15(14-8-4-2-5-9-14)21-22(13)16-17(23)19(20-18(16)24)10-6-3-7-11-19;2-1-3/h4,6-7,10-11,14H,3,5,8-9,12-13,15H2,1-2H3,(H,21,24);2,4-5,8-9,12,23H,3,6-7,10-11H2,1H3,(H,20,24);. The van der Waals surface area contributed by atoms with Crippen LogP contribution in [0, 0.1) is 13.8 Å². The second kappa shape index (κ2) is 16.6. The normalized spacial score (nSPS) is 17.4. The van der Waals surface area contributed by atoms with E-state index in [1.807, 2.05) is 91.3 Å². The second-order valence-electron chi connectivity index (χ2n) is 13.8. The van der Waals surface area contributed by atoms with E-state index >= 15 is 0 Å². The fourth-order valence-electron chi connectivity index (χ4n) is 7.52. The Morgan fingerprint density at radius 3 is 1.88 bits per heavy atom. The highest BCUT2D eigenvalue weighted by Crippen LogP contribution is 2.40. The molecule has 1 spiro atoms. The Morgan fingerprint density at radius 1 is 0.824 bits per heavy atom. The molecule has 2 saturated carbocycles. The van der Waals surface area contributed by atoms with Crippen LogP contribution in [0.1, 0.15) is 88.9 Å². The fraction of sp³-hybridized carbons (Fsp3) is 0.425. The number of carbonyl (C=O) groups is 2. The molecule has 0 bridgehead atoms. The zero-order chi connectivity index (χ0) is 36.4. The third-order valence-corrected chi connectivity index (χ3v) is 10.4. The Hall–Kier alpha value is -5.28. The molecule has 3 N–H and O–H groups in total. The summed E-state index contributed by atoms with van der Waals surface area (Å²) in [5.74, 6) is -0.0113. The summed E-state index contributed by atoms with van der Waals surface area (Å²) in [7, 11) is 0. The summed E-state index contributed by atoms with van der Waals surface area (Å²) in [6, 6.07) is 23.9. The molecule has 2 amide bonds. The number of aliphatic hydroxyl groups is 1. The number of aryl methyl sites for hydroxylation is 2. The predicted molar refractivity (Wildman–Crippen MR) is 194 cm³/mol. The maximum atomic E-state index is 12.6. The molecule has 0 radical (unpaired) electrons. The smallest absolute Gasteiger partial charge is 0.373 e. The summed E-state index contributed by atoms with van der Waals surface area (Å²) in [5.41, 5.74) is 5.32. The van der Waals surface area contributed by atoms with Crippen LogP contribution >= 0.6 is 0 Å². The molecule has 3 heterocycles. The Balaban J connectivity index is 0.000000184.